The topological polar surface area (TPSA) is 40.6 Å². The minimum absolute atomic E-state index is 0.00154. The van der Waals surface area contributed by atoms with E-state index in [0.29, 0.717) is 17.5 Å². The summed E-state index contributed by atoms with van der Waals surface area (Å²) in [6, 6.07) is 4.35. The molecule has 2 amide bonds. The van der Waals surface area contributed by atoms with Gasteiger partial charge >= 0.3 is 6.03 Å². The summed E-state index contributed by atoms with van der Waals surface area (Å²) in [4.78, 5) is 27.2. The van der Waals surface area contributed by atoms with Gasteiger partial charge in [0, 0.05) is 18.3 Å². The molecule has 0 radical (unpaired) electrons. The predicted octanol–water partition coefficient (Wildman–Crippen LogP) is 4.06. The molecule has 0 unspecified atom stereocenters. The molecule has 0 heterocycles. The second kappa shape index (κ2) is 7.90. The molecule has 1 rings (SSSR count). The summed E-state index contributed by atoms with van der Waals surface area (Å²) >= 11 is 0. The zero-order chi connectivity index (χ0) is 18.5. The normalized spacial score (nSPS) is 11.8. The van der Waals surface area contributed by atoms with Crippen LogP contribution < -0.4 is 0 Å². The molecular weight excluding hydrogens is 307 g/mol. The molecule has 0 saturated carbocycles. The van der Waals surface area contributed by atoms with E-state index in [0.717, 1.165) is 5.56 Å². The fraction of sp³-hybridized carbons (Fsp3) is 0.368. The van der Waals surface area contributed by atoms with Gasteiger partial charge in [0.25, 0.3) is 0 Å². The Balaban J connectivity index is 3.31. The summed E-state index contributed by atoms with van der Waals surface area (Å²) in [5, 5.41) is 0. The number of aldehydes is 1. The Morgan fingerprint density at radius 1 is 1.38 bits per heavy atom. The first-order valence-corrected chi connectivity index (χ1v) is 7.74. The Morgan fingerprint density at radius 2 is 2.00 bits per heavy atom. The van der Waals surface area contributed by atoms with Gasteiger partial charge in [0.1, 0.15) is 12.1 Å². The number of likely N-dealkylation sites (N-methyl/N-ethyl adjacent to an activating group) is 1. The lowest BCUT2D eigenvalue weighted by atomic mass is 10.0. The van der Waals surface area contributed by atoms with Crippen molar-refractivity contribution in [3.8, 4) is 0 Å². The van der Waals surface area contributed by atoms with Crippen molar-refractivity contribution in [2.24, 2.45) is 0 Å². The first-order chi connectivity index (χ1) is 11.2. The fourth-order valence-electron chi connectivity index (χ4n) is 2.35. The van der Waals surface area contributed by atoms with Gasteiger partial charge in [-0.1, -0.05) is 24.8 Å². The zero-order valence-electron chi connectivity index (χ0n) is 15.0. The molecule has 0 aromatic heterocycles. The average Bonchev–Trinajstić information content (AvgIpc) is 2.54. The second-order valence-electron chi connectivity index (χ2n) is 6.15. The Hall–Kier alpha value is -2.43. The number of nitrogens with zero attached hydrogens (tertiary/aromatic N) is 2. The first-order valence-electron chi connectivity index (χ1n) is 7.74. The number of halogens is 1. The first kappa shape index (κ1) is 19.6. The third kappa shape index (κ3) is 4.10. The van der Waals surface area contributed by atoms with E-state index >= 15 is 0 Å². The van der Waals surface area contributed by atoms with Crippen LogP contribution in [0.4, 0.5) is 9.18 Å². The molecule has 0 saturated heterocycles. The van der Waals surface area contributed by atoms with Gasteiger partial charge in [-0.05, 0) is 45.4 Å². The van der Waals surface area contributed by atoms with Crippen LogP contribution in [0.25, 0.3) is 0 Å². The van der Waals surface area contributed by atoms with Crippen LogP contribution in [-0.4, -0.2) is 34.7 Å². The summed E-state index contributed by atoms with van der Waals surface area (Å²) in [6.07, 6.45) is 3.99. The summed E-state index contributed by atoms with van der Waals surface area (Å²) in [5.74, 6) is -0.396. The Bertz CT molecular complexity index is 645. The minimum Gasteiger partial charge on any atom is -0.308 e. The molecule has 24 heavy (non-hydrogen) atoms. The van der Waals surface area contributed by atoms with Gasteiger partial charge in [0.15, 0.2) is 0 Å². The van der Waals surface area contributed by atoms with Gasteiger partial charge in [0.05, 0.1) is 12.1 Å². The number of amides is 2. The van der Waals surface area contributed by atoms with E-state index in [4.69, 9.17) is 0 Å². The number of hydrogen-bond acceptors (Lipinski definition) is 2. The van der Waals surface area contributed by atoms with Crippen molar-refractivity contribution >= 4 is 12.3 Å². The van der Waals surface area contributed by atoms with Gasteiger partial charge in [-0.3, -0.25) is 4.90 Å². The third-order valence-electron chi connectivity index (χ3n) is 4.06. The number of carbonyl (C=O) groups excluding carboxylic acids is 2. The number of aryl methyl sites for hydroxylation is 1. The quantitative estimate of drug-likeness (QED) is 0.582. The van der Waals surface area contributed by atoms with Crippen molar-refractivity contribution in [1.82, 2.24) is 9.80 Å². The van der Waals surface area contributed by atoms with Crippen molar-refractivity contribution in [2.45, 2.75) is 39.8 Å². The van der Waals surface area contributed by atoms with Crippen LogP contribution in [0.2, 0.25) is 0 Å². The maximum absolute atomic E-state index is 14.2. The summed E-state index contributed by atoms with van der Waals surface area (Å²) in [7, 11) is 1.60. The van der Waals surface area contributed by atoms with Crippen LogP contribution in [0.15, 0.2) is 42.6 Å². The highest BCUT2D eigenvalue weighted by Crippen LogP contribution is 2.23. The van der Waals surface area contributed by atoms with E-state index in [1.165, 1.54) is 15.9 Å². The minimum atomic E-state index is -1.08. The van der Waals surface area contributed by atoms with Crippen molar-refractivity contribution < 1.29 is 14.0 Å². The van der Waals surface area contributed by atoms with Crippen molar-refractivity contribution in [2.75, 3.05) is 7.05 Å². The Morgan fingerprint density at radius 3 is 2.46 bits per heavy atom. The highest BCUT2D eigenvalue weighted by atomic mass is 19.1. The number of rotatable bonds is 6. The molecule has 4 nitrogen and oxygen atoms in total. The van der Waals surface area contributed by atoms with Crippen LogP contribution in [-0.2, 0) is 11.3 Å². The largest absolute Gasteiger partial charge is 0.325 e. The molecular formula is C19H25FN2O2. The summed E-state index contributed by atoms with van der Waals surface area (Å²) < 4.78 is 14.2. The van der Waals surface area contributed by atoms with Crippen molar-refractivity contribution in [1.29, 1.82) is 0 Å². The van der Waals surface area contributed by atoms with Gasteiger partial charge in [-0.2, -0.15) is 0 Å². The van der Waals surface area contributed by atoms with E-state index in [1.54, 1.807) is 59.0 Å². The summed E-state index contributed by atoms with van der Waals surface area (Å²) in [6.45, 7) is 10.5. The third-order valence-corrected chi connectivity index (χ3v) is 4.06. The number of urea groups is 1. The lowest BCUT2D eigenvalue weighted by molar-refractivity contribution is -0.115. The van der Waals surface area contributed by atoms with E-state index < -0.39 is 17.4 Å². The van der Waals surface area contributed by atoms with Gasteiger partial charge in [-0.15, -0.1) is 0 Å². The maximum atomic E-state index is 14.2. The van der Waals surface area contributed by atoms with Crippen molar-refractivity contribution in [3.05, 3.63) is 59.6 Å². The number of benzene rings is 1. The van der Waals surface area contributed by atoms with E-state index in [2.05, 4.69) is 6.58 Å². The van der Waals surface area contributed by atoms with Crippen molar-refractivity contribution in [3.63, 3.8) is 0 Å². The van der Waals surface area contributed by atoms with Crippen LogP contribution in [0, 0.1) is 12.7 Å². The fourth-order valence-corrected chi connectivity index (χ4v) is 2.35. The van der Waals surface area contributed by atoms with Gasteiger partial charge in [0.2, 0.25) is 0 Å². The van der Waals surface area contributed by atoms with E-state index in [-0.39, 0.29) is 6.54 Å². The Kier molecular flexibility index (Phi) is 6.46. The lowest BCUT2D eigenvalue weighted by Crippen LogP contribution is -2.52. The second-order valence-corrected chi connectivity index (χ2v) is 6.15. The molecule has 0 aliphatic heterocycles. The molecule has 0 spiro atoms. The number of allylic oxidation sites excluding steroid dienone is 2. The standard InChI is InChI=1S/C19H25FN2O2/c1-7-15(8-2)21(6)18(24)22(19(4,5)13-23)12-16-14(3)10-9-11-17(16)20/h7-11,13H,1,12H2,2-6H3/b15-8+. The lowest BCUT2D eigenvalue weighted by Gasteiger charge is -2.37. The monoisotopic (exact) mass is 332 g/mol. The maximum Gasteiger partial charge on any atom is 0.325 e. The molecule has 0 N–H and O–H groups in total. The molecule has 1 aromatic rings. The number of carbonyl (C=O) groups is 2. The van der Waals surface area contributed by atoms with Gasteiger partial charge in [-0.25, -0.2) is 9.18 Å². The molecule has 0 bridgehead atoms. The molecule has 0 aliphatic carbocycles. The van der Waals surface area contributed by atoms with Gasteiger partial charge < -0.3 is 9.69 Å². The van der Waals surface area contributed by atoms with E-state index in [9.17, 15) is 14.0 Å². The van der Waals surface area contributed by atoms with Crippen LogP contribution >= 0.6 is 0 Å². The highest BCUT2D eigenvalue weighted by molar-refractivity contribution is 5.81. The van der Waals surface area contributed by atoms with Crippen LogP contribution in [0.1, 0.15) is 31.9 Å². The molecule has 0 fully saturated rings. The number of hydrogen-bond donors (Lipinski definition) is 0. The Labute approximate surface area is 143 Å². The SMILES string of the molecule is C=C/C(=C\C)N(C)C(=O)N(Cc1c(C)cccc1F)C(C)(C)C=O. The molecule has 0 atom stereocenters. The van der Waals surface area contributed by atoms with E-state index in [1.807, 2.05) is 0 Å². The predicted molar refractivity (Wildman–Crippen MR) is 93.9 cm³/mol. The molecule has 5 heteroatoms. The smallest absolute Gasteiger partial charge is 0.308 e. The summed E-state index contributed by atoms with van der Waals surface area (Å²) in [5.41, 5.74) is 0.652. The zero-order valence-corrected chi connectivity index (χ0v) is 15.0. The average molecular weight is 332 g/mol. The van der Waals surface area contributed by atoms with Crippen LogP contribution in [0.3, 0.4) is 0 Å². The molecule has 1 aromatic carbocycles. The molecule has 0 aliphatic rings. The van der Waals surface area contributed by atoms with Crippen LogP contribution in [0.5, 0.6) is 0 Å². The molecule has 130 valence electrons. The highest BCUT2D eigenvalue weighted by Gasteiger charge is 2.34.